The van der Waals surface area contributed by atoms with Gasteiger partial charge < -0.3 is 15.7 Å². The molecule has 0 bridgehead atoms. The zero-order valence-corrected chi connectivity index (χ0v) is 10.9. The van der Waals surface area contributed by atoms with Crippen molar-refractivity contribution >= 4 is 5.91 Å². The molecule has 0 atom stereocenters. The third-order valence-corrected chi connectivity index (χ3v) is 2.46. The van der Waals surface area contributed by atoms with Crippen molar-refractivity contribution in [3.05, 3.63) is 35.4 Å². The summed E-state index contributed by atoms with van der Waals surface area (Å²) in [6, 6.07) is 6.35. The lowest BCUT2D eigenvalue weighted by atomic mass is 10.1. The normalized spacial score (nSPS) is 10.1. The second-order valence-corrected chi connectivity index (χ2v) is 3.95. The van der Waals surface area contributed by atoms with Gasteiger partial charge in [-0.05, 0) is 18.2 Å². The Morgan fingerprint density at radius 1 is 1.45 bits per heavy atom. The molecule has 108 valence electrons. The van der Waals surface area contributed by atoms with Crippen LogP contribution in [0.2, 0.25) is 0 Å². The molecule has 0 aliphatic carbocycles. The monoisotopic (exact) mass is 282 g/mol. The van der Waals surface area contributed by atoms with E-state index in [1.807, 2.05) is 0 Å². The summed E-state index contributed by atoms with van der Waals surface area (Å²) < 4.78 is 24.8. The van der Waals surface area contributed by atoms with Gasteiger partial charge in [0.2, 0.25) is 0 Å². The van der Waals surface area contributed by atoms with Crippen LogP contribution in [0.4, 0.5) is 8.78 Å². The molecule has 1 aromatic carbocycles. The van der Waals surface area contributed by atoms with Crippen LogP contribution in [0, 0.1) is 11.8 Å². The van der Waals surface area contributed by atoms with Crippen LogP contribution in [0.5, 0.6) is 0 Å². The predicted molar refractivity (Wildman–Crippen MR) is 71.4 cm³/mol. The summed E-state index contributed by atoms with van der Waals surface area (Å²) >= 11 is 0. The average Bonchev–Trinajstić information content (AvgIpc) is 2.43. The van der Waals surface area contributed by atoms with Crippen LogP contribution in [0.25, 0.3) is 0 Å². The first-order valence-corrected chi connectivity index (χ1v) is 6.05. The maximum absolute atomic E-state index is 12.4. The predicted octanol–water partition coefficient (Wildman–Crippen LogP) is 0.696. The Labute approximate surface area is 116 Å². The zero-order valence-electron chi connectivity index (χ0n) is 10.9. The highest BCUT2D eigenvalue weighted by Gasteiger charge is 2.19. The fourth-order valence-corrected chi connectivity index (χ4v) is 1.63. The Bertz CT molecular complexity index is 509. The van der Waals surface area contributed by atoms with E-state index in [-0.39, 0.29) is 25.3 Å². The van der Waals surface area contributed by atoms with Crippen molar-refractivity contribution < 1.29 is 18.7 Å². The van der Waals surface area contributed by atoms with Crippen molar-refractivity contribution in [2.75, 3.05) is 26.2 Å². The summed E-state index contributed by atoms with van der Waals surface area (Å²) in [7, 11) is 0. The lowest BCUT2D eigenvalue weighted by Crippen LogP contribution is -2.37. The lowest BCUT2D eigenvalue weighted by Gasteiger charge is -2.21. The van der Waals surface area contributed by atoms with E-state index < -0.39 is 18.9 Å². The number of carbonyl (C=O) groups is 1. The summed E-state index contributed by atoms with van der Waals surface area (Å²) in [5.74, 6) is 4.86. The summed E-state index contributed by atoms with van der Waals surface area (Å²) in [6.45, 7) is -1.02. The number of hydrogen-bond donors (Lipinski definition) is 2. The molecule has 0 saturated heterocycles. The number of aliphatic hydroxyl groups excluding tert-OH is 1. The Morgan fingerprint density at radius 2 is 2.20 bits per heavy atom. The molecule has 6 heteroatoms. The topological polar surface area (TPSA) is 66.6 Å². The van der Waals surface area contributed by atoms with Crippen LogP contribution < -0.4 is 5.73 Å². The number of carbonyl (C=O) groups excluding carboxylic acids is 1. The molecule has 0 spiro atoms. The van der Waals surface area contributed by atoms with Crippen LogP contribution in [0.1, 0.15) is 15.9 Å². The van der Waals surface area contributed by atoms with E-state index in [0.29, 0.717) is 5.56 Å². The van der Waals surface area contributed by atoms with E-state index in [2.05, 4.69) is 11.8 Å². The maximum Gasteiger partial charge on any atom is 0.255 e. The number of rotatable bonds is 5. The molecule has 0 aliphatic rings. The third kappa shape index (κ3) is 4.96. The SMILES string of the molecule is NCC#Cc1cccc(C(=O)N(CCO)CC(F)F)c1. The van der Waals surface area contributed by atoms with Gasteiger partial charge in [0.1, 0.15) is 0 Å². The van der Waals surface area contributed by atoms with Crippen molar-refractivity contribution in [1.82, 2.24) is 4.90 Å². The third-order valence-electron chi connectivity index (χ3n) is 2.46. The molecule has 3 N–H and O–H groups in total. The van der Waals surface area contributed by atoms with Crippen LogP contribution in [0.3, 0.4) is 0 Å². The molecular formula is C14H16F2N2O2. The number of nitrogens with two attached hydrogens (primary N) is 1. The van der Waals surface area contributed by atoms with Crippen molar-refractivity contribution in [3.63, 3.8) is 0 Å². The minimum Gasteiger partial charge on any atom is -0.395 e. The van der Waals surface area contributed by atoms with E-state index in [9.17, 15) is 13.6 Å². The molecule has 1 amide bonds. The number of halogens is 2. The smallest absolute Gasteiger partial charge is 0.255 e. The van der Waals surface area contributed by atoms with Gasteiger partial charge in [-0.25, -0.2) is 8.78 Å². The van der Waals surface area contributed by atoms with Crippen LogP contribution in [-0.2, 0) is 0 Å². The van der Waals surface area contributed by atoms with Gasteiger partial charge in [0.15, 0.2) is 0 Å². The number of nitrogens with zero attached hydrogens (tertiary/aromatic N) is 1. The van der Waals surface area contributed by atoms with Gasteiger partial charge in [0.25, 0.3) is 12.3 Å². The molecule has 0 unspecified atom stereocenters. The van der Waals surface area contributed by atoms with Crippen molar-refractivity contribution in [1.29, 1.82) is 0 Å². The summed E-state index contributed by atoms with van der Waals surface area (Å²) in [6.07, 6.45) is -2.65. The fraction of sp³-hybridized carbons (Fsp3) is 0.357. The Balaban J connectivity index is 2.93. The Hall–Kier alpha value is -1.97. The quantitative estimate of drug-likeness (QED) is 0.781. The molecule has 1 rings (SSSR count). The number of benzene rings is 1. The van der Waals surface area contributed by atoms with E-state index in [1.165, 1.54) is 12.1 Å². The summed E-state index contributed by atoms with van der Waals surface area (Å²) in [5.41, 5.74) is 6.10. The van der Waals surface area contributed by atoms with Crippen LogP contribution in [-0.4, -0.2) is 48.6 Å². The first-order valence-electron chi connectivity index (χ1n) is 6.05. The van der Waals surface area contributed by atoms with Gasteiger partial charge in [-0.1, -0.05) is 17.9 Å². The lowest BCUT2D eigenvalue weighted by molar-refractivity contribution is 0.0509. The van der Waals surface area contributed by atoms with Crippen LogP contribution in [0.15, 0.2) is 24.3 Å². The molecule has 0 radical (unpaired) electrons. The van der Waals surface area contributed by atoms with Gasteiger partial charge in [-0.3, -0.25) is 4.79 Å². The molecule has 0 aliphatic heterocycles. The second-order valence-electron chi connectivity index (χ2n) is 3.95. The van der Waals surface area contributed by atoms with Gasteiger partial charge in [0.05, 0.1) is 19.7 Å². The van der Waals surface area contributed by atoms with Crippen molar-refractivity contribution in [2.45, 2.75) is 6.43 Å². The van der Waals surface area contributed by atoms with E-state index >= 15 is 0 Å². The Morgan fingerprint density at radius 3 is 2.80 bits per heavy atom. The number of amides is 1. The largest absolute Gasteiger partial charge is 0.395 e. The van der Waals surface area contributed by atoms with E-state index in [1.54, 1.807) is 12.1 Å². The minimum atomic E-state index is -2.65. The van der Waals surface area contributed by atoms with Gasteiger partial charge >= 0.3 is 0 Å². The highest BCUT2D eigenvalue weighted by Crippen LogP contribution is 2.09. The second kappa shape index (κ2) is 8.25. The number of hydrogen-bond acceptors (Lipinski definition) is 3. The molecule has 1 aromatic rings. The van der Waals surface area contributed by atoms with Crippen LogP contribution >= 0.6 is 0 Å². The van der Waals surface area contributed by atoms with E-state index in [4.69, 9.17) is 10.8 Å². The molecule has 0 saturated carbocycles. The first-order chi connectivity index (χ1) is 9.58. The summed E-state index contributed by atoms with van der Waals surface area (Å²) in [4.78, 5) is 13.0. The van der Waals surface area contributed by atoms with Gasteiger partial charge in [0, 0.05) is 17.7 Å². The maximum atomic E-state index is 12.4. The van der Waals surface area contributed by atoms with Crippen molar-refractivity contribution in [2.24, 2.45) is 5.73 Å². The van der Waals surface area contributed by atoms with Gasteiger partial charge in [-0.15, -0.1) is 0 Å². The van der Waals surface area contributed by atoms with Crippen molar-refractivity contribution in [3.8, 4) is 11.8 Å². The zero-order chi connectivity index (χ0) is 15.0. The first kappa shape index (κ1) is 16.1. The molecule has 0 fully saturated rings. The van der Waals surface area contributed by atoms with E-state index in [0.717, 1.165) is 4.90 Å². The highest BCUT2D eigenvalue weighted by atomic mass is 19.3. The highest BCUT2D eigenvalue weighted by molar-refractivity contribution is 5.94. The molecule has 0 heterocycles. The average molecular weight is 282 g/mol. The minimum absolute atomic E-state index is 0.137. The molecular weight excluding hydrogens is 266 g/mol. The summed E-state index contributed by atoms with van der Waals surface area (Å²) in [5, 5.41) is 8.84. The molecule has 0 aromatic heterocycles. The Kier molecular flexibility index (Phi) is 6.64. The fourth-order valence-electron chi connectivity index (χ4n) is 1.63. The molecule has 20 heavy (non-hydrogen) atoms. The molecule has 4 nitrogen and oxygen atoms in total. The van der Waals surface area contributed by atoms with Gasteiger partial charge in [-0.2, -0.15) is 0 Å². The number of alkyl halides is 2. The standard InChI is InChI=1S/C14H16F2N2O2/c15-13(16)10-18(7-8-19)14(20)12-5-1-3-11(9-12)4-2-6-17/h1,3,5,9,13,19H,6-8,10,17H2. The number of aliphatic hydroxyl groups is 1.